The van der Waals surface area contributed by atoms with Gasteiger partial charge in [0.25, 0.3) is 5.91 Å². The van der Waals surface area contributed by atoms with Crippen LogP contribution in [0.3, 0.4) is 0 Å². The van der Waals surface area contributed by atoms with Gasteiger partial charge in [0, 0.05) is 39.0 Å². The lowest BCUT2D eigenvalue weighted by atomic mass is 9.77. The number of nitrogens with zero attached hydrogens (tertiary/aromatic N) is 4. The highest BCUT2D eigenvalue weighted by Gasteiger charge is 2.44. The molecule has 8 nitrogen and oxygen atoms in total. The van der Waals surface area contributed by atoms with Crippen molar-refractivity contribution in [1.29, 1.82) is 0 Å². The maximum Gasteiger partial charge on any atom is 0.257 e. The molecule has 1 saturated carbocycles. The van der Waals surface area contributed by atoms with Crippen molar-refractivity contribution in [2.75, 3.05) is 46.9 Å². The first-order chi connectivity index (χ1) is 18.5. The van der Waals surface area contributed by atoms with Crippen molar-refractivity contribution in [2.24, 2.45) is 11.0 Å². The second-order valence-electron chi connectivity index (χ2n) is 10.2. The predicted molar refractivity (Wildman–Crippen MR) is 147 cm³/mol. The summed E-state index contributed by atoms with van der Waals surface area (Å²) in [4.78, 5) is 29.4. The summed E-state index contributed by atoms with van der Waals surface area (Å²) in [6, 6.07) is 15.9. The van der Waals surface area contributed by atoms with Gasteiger partial charge in [0.2, 0.25) is 5.91 Å². The fourth-order valence-corrected chi connectivity index (χ4v) is 5.73. The molecule has 2 atom stereocenters. The largest absolute Gasteiger partial charge is 0.497 e. The summed E-state index contributed by atoms with van der Waals surface area (Å²) in [5.41, 5.74) is 4.37. The third kappa shape index (κ3) is 5.45. The van der Waals surface area contributed by atoms with Crippen LogP contribution in [0, 0.1) is 5.92 Å². The smallest absolute Gasteiger partial charge is 0.257 e. The van der Waals surface area contributed by atoms with E-state index in [4.69, 9.17) is 14.6 Å². The summed E-state index contributed by atoms with van der Waals surface area (Å²) < 4.78 is 10.7. The molecule has 0 aromatic heterocycles. The molecule has 2 amide bonds. The minimum atomic E-state index is -0.151. The summed E-state index contributed by atoms with van der Waals surface area (Å²) in [5.74, 6) is 1.83. The minimum absolute atomic E-state index is 0.00668. The third-order valence-corrected chi connectivity index (χ3v) is 7.85. The Hall–Kier alpha value is -3.65. The van der Waals surface area contributed by atoms with E-state index in [1.807, 2.05) is 29.2 Å². The van der Waals surface area contributed by atoms with Crippen LogP contribution in [0.2, 0.25) is 0 Å². The van der Waals surface area contributed by atoms with Crippen LogP contribution in [0.25, 0.3) is 6.08 Å². The predicted octanol–water partition coefficient (Wildman–Crippen LogP) is 3.99. The quantitative estimate of drug-likeness (QED) is 0.581. The summed E-state index contributed by atoms with van der Waals surface area (Å²) in [6.07, 6.45) is 5.17. The second kappa shape index (κ2) is 11.4. The number of carbonyl (C=O) groups excluding carboxylic acids is 2. The maximum atomic E-state index is 13.8. The van der Waals surface area contributed by atoms with Crippen LogP contribution < -0.4 is 9.47 Å². The number of hydrazone groups is 1. The number of fused-ring (bicyclic) bond motifs is 1. The van der Waals surface area contributed by atoms with E-state index >= 15 is 0 Å². The number of amides is 2. The zero-order valence-electron chi connectivity index (χ0n) is 22.4. The molecule has 5 rings (SSSR count). The van der Waals surface area contributed by atoms with Gasteiger partial charge in [-0.1, -0.05) is 24.3 Å². The van der Waals surface area contributed by atoms with E-state index in [0.717, 1.165) is 47.6 Å². The number of rotatable bonds is 6. The van der Waals surface area contributed by atoms with Gasteiger partial charge in [-0.25, -0.2) is 5.01 Å². The Labute approximate surface area is 224 Å². The molecule has 200 valence electrons. The van der Waals surface area contributed by atoms with Crippen LogP contribution >= 0.6 is 0 Å². The maximum absolute atomic E-state index is 13.8. The number of hydrogen-bond donors (Lipinski definition) is 0. The number of ether oxygens (including phenoxy) is 2. The van der Waals surface area contributed by atoms with E-state index in [1.165, 1.54) is 5.57 Å². The molecule has 0 N–H and O–H groups in total. The van der Waals surface area contributed by atoms with Crippen LogP contribution in [0.5, 0.6) is 11.5 Å². The van der Waals surface area contributed by atoms with E-state index in [9.17, 15) is 9.59 Å². The minimum Gasteiger partial charge on any atom is -0.497 e. The first kappa shape index (κ1) is 26.0. The molecule has 0 radical (unpaired) electrons. The number of benzene rings is 2. The summed E-state index contributed by atoms with van der Waals surface area (Å²) in [5, 5.41) is 6.74. The van der Waals surface area contributed by atoms with Gasteiger partial charge in [0.05, 0.1) is 32.5 Å². The SMILES string of the molecule is COc1ccc(C=C2CCCC3C2=NN(C(=O)CN2CCN(C(C)=O)CC2)C3c2ccc(OC)cc2)cc1. The Morgan fingerprint density at radius 1 is 0.947 bits per heavy atom. The molecular weight excluding hydrogens is 480 g/mol. The second-order valence-corrected chi connectivity index (χ2v) is 10.2. The van der Waals surface area contributed by atoms with Gasteiger partial charge in [-0.05, 0) is 66.3 Å². The van der Waals surface area contributed by atoms with E-state index in [-0.39, 0.29) is 23.8 Å². The van der Waals surface area contributed by atoms with Gasteiger partial charge < -0.3 is 14.4 Å². The Balaban J connectivity index is 1.42. The molecule has 0 bridgehead atoms. The van der Waals surface area contributed by atoms with Gasteiger partial charge in [-0.15, -0.1) is 0 Å². The fraction of sp³-hybridized carbons (Fsp3) is 0.433. The Kier molecular flexibility index (Phi) is 7.79. The molecule has 1 saturated heterocycles. The lowest BCUT2D eigenvalue weighted by Gasteiger charge is -2.35. The van der Waals surface area contributed by atoms with E-state index in [2.05, 4.69) is 35.2 Å². The van der Waals surface area contributed by atoms with Crippen molar-refractivity contribution in [3.05, 3.63) is 65.2 Å². The van der Waals surface area contributed by atoms with E-state index in [1.54, 1.807) is 26.2 Å². The van der Waals surface area contributed by atoms with Gasteiger partial charge in [0.15, 0.2) is 0 Å². The van der Waals surface area contributed by atoms with Crippen molar-refractivity contribution in [3.8, 4) is 11.5 Å². The molecule has 38 heavy (non-hydrogen) atoms. The molecule has 2 heterocycles. The Morgan fingerprint density at radius 3 is 2.18 bits per heavy atom. The van der Waals surface area contributed by atoms with Crippen LogP contribution in [-0.4, -0.2) is 79.3 Å². The lowest BCUT2D eigenvalue weighted by molar-refractivity contribution is -0.136. The third-order valence-electron chi connectivity index (χ3n) is 7.85. The van der Waals surface area contributed by atoms with Crippen LogP contribution in [0.4, 0.5) is 0 Å². The van der Waals surface area contributed by atoms with Crippen LogP contribution in [0.15, 0.2) is 59.2 Å². The van der Waals surface area contributed by atoms with E-state index in [0.29, 0.717) is 32.7 Å². The van der Waals surface area contributed by atoms with E-state index < -0.39 is 0 Å². The molecular formula is C30H36N4O4. The monoisotopic (exact) mass is 516 g/mol. The fourth-order valence-electron chi connectivity index (χ4n) is 5.73. The highest BCUT2D eigenvalue weighted by molar-refractivity contribution is 6.08. The number of methoxy groups -OCH3 is 2. The highest BCUT2D eigenvalue weighted by atomic mass is 16.5. The average molecular weight is 517 g/mol. The molecule has 2 fully saturated rings. The Morgan fingerprint density at radius 2 is 1.58 bits per heavy atom. The standard InChI is InChI=1S/C30H36N4O4/c1-21(35)33-17-15-32(16-18-33)20-28(36)34-30(23-9-13-26(38-3)14-10-23)27-6-4-5-24(29(27)31-34)19-22-7-11-25(37-2)12-8-22/h7-14,19,27,30H,4-6,15-18,20H2,1-3H3. The molecule has 8 heteroatoms. The average Bonchev–Trinajstić information content (AvgIpc) is 3.35. The van der Waals surface area contributed by atoms with Crippen LogP contribution in [0.1, 0.15) is 43.4 Å². The molecule has 2 aromatic rings. The van der Waals surface area contributed by atoms with Gasteiger partial charge in [-0.3, -0.25) is 14.5 Å². The summed E-state index contributed by atoms with van der Waals surface area (Å²) in [6.45, 7) is 4.57. The molecule has 2 aliphatic heterocycles. The molecule has 2 aromatic carbocycles. The van der Waals surface area contributed by atoms with Gasteiger partial charge in [0.1, 0.15) is 11.5 Å². The van der Waals surface area contributed by atoms with Gasteiger partial charge >= 0.3 is 0 Å². The molecule has 1 aliphatic carbocycles. The first-order valence-corrected chi connectivity index (χ1v) is 13.3. The summed E-state index contributed by atoms with van der Waals surface area (Å²) >= 11 is 0. The molecule has 0 spiro atoms. The summed E-state index contributed by atoms with van der Waals surface area (Å²) in [7, 11) is 3.32. The Bertz CT molecular complexity index is 1210. The normalized spacial score (nSPS) is 22.7. The van der Waals surface area contributed by atoms with Crippen molar-refractivity contribution in [1.82, 2.24) is 14.8 Å². The number of hydrogen-bond acceptors (Lipinski definition) is 6. The number of carbonyl (C=O) groups is 2. The molecule has 2 unspecified atom stereocenters. The highest BCUT2D eigenvalue weighted by Crippen LogP contribution is 2.44. The molecule has 3 aliphatic rings. The number of piperazine rings is 1. The lowest BCUT2D eigenvalue weighted by Crippen LogP contribution is -2.50. The van der Waals surface area contributed by atoms with Crippen LogP contribution in [-0.2, 0) is 9.59 Å². The zero-order valence-corrected chi connectivity index (χ0v) is 22.4. The first-order valence-electron chi connectivity index (χ1n) is 13.3. The van der Waals surface area contributed by atoms with Crippen molar-refractivity contribution < 1.29 is 19.1 Å². The van der Waals surface area contributed by atoms with Gasteiger partial charge in [-0.2, -0.15) is 5.10 Å². The zero-order chi connectivity index (χ0) is 26.6. The van der Waals surface area contributed by atoms with Crippen molar-refractivity contribution >= 4 is 23.6 Å². The van der Waals surface area contributed by atoms with Crippen molar-refractivity contribution in [3.63, 3.8) is 0 Å². The number of allylic oxidation sites excluding steroid dienone is 1. The van der Waals surface area contributed by atoms with Crippen molar-refractivity contribution in [2.45, 2.75) is 32.2 Å². The topological polar surface area (TPSA) is 74.7 Å².